The molecule has 0 radical (unpaired) electrons. The fraction of sp³-hybridized carbons (Fsp3) is 0.600. The van der Waals surface area contributed by atoms with E-state index in [0.29, 0.717) is 12.0 Å². The number of carbonyl (C=O) groups excluding carboxylic acids is 1. The Morgan fingerprint density at radius 2 is 1.32 bits per heavy atom. The lowest BCUT2D eigenvalue weighted by Crippen LogP contribution is -2.41. The van der Waals surface area contributed by atoms with Crippen LogP contribution in [0.5, 0.6) is 0 Å². The van der Waals surface area contributed by atoms with Crippen molar-refractivity contribution < 1.29 is 24.5 Å². The maximum absolute atomic E-state index is 12.3. The number of non-ortho nitro benzene ring substituents is 1. The normalized spacial score (nSPS) is 12.7. The minimum absolute atomic E-state index is 0.0781. The number of nitro groups is 1. The van der Waals surface area contributed by atoms with E-state index in [1.54, 1.807) is 0 Å². The van der Waals surface area contributed by atoms with Crippen molar-refractivity contribution in [2.45, 2.75) is 109 Å². The maximum atomic E-state index is 12.3. The second-order valence-corrected chi connectivity index (χ2v) is 10.1. The molecule has 38 heavy (non-hydrogen) atoms. The first kappa shape index (κ1) is 31.4. The average molecular weight is 529 g/mol. The van der Waals surface area contributed by atoms with Gasteiger partial charge in [-0.25, -0.2) is 4.57 Å². The van der Waals surface area contributed by atoms with Crippen LogP contribution < -0.4 is 9.88 Å². The summed E-state index contributed by atoms with van der Waals surface area (Å²) in [6.07, 6.45) is 19.3. The molecule has 0 fully saturated rings. The van der Waals surface area contributed by atoms with E-state index in [9.17, 15) is 25.1 Å². The van der Waals surface area contributed by atoms with Crippen LogP contribution in [0, 0.1) is 10.1 Å². The fourth-order valence-corrected chi connectivity index (χ4v) is 4.64. The Morgan fingerprint density at radius 3 is 1.82 bits per heavy atom. The Kier molecular flexibility index (Phi) is 15.9. The van der Waals surface area contributed by atoms with E-state index < -0.39 is 23.7 Å². The first-order valence-corrected chi connectivity index (χ1v) is 14.3. The number of pyridine rings is 1. The first-order chi connectivity index (χ1) is 18.5. The summed E-state index contributed by atoms with van der Waals surface area (Å²) in [5.74, 6) is -0.205. The van der Waals surface area contributed by atoms with Crippen LogP contribution in [0.15, 0.2) is 54.9 Å². The highest BCUT2D eigenvalue weighted by molar-refractivity contribution is 5.76. The van der Waals surface area contributed by atoms with Crippen molar-refractivity contribution in [1.29, 1.82) is 0 Å². The van der Waals surface area contributed by atoms with E-state index in [-0.39, 0.29) is 11.6 Å². The van der Waals surface area contributed by atoms with Gasteiger partial charge in [-0.1, -0.05) is 70.3 Å². The van der Waals surface area contributed by atoms with E-state index in [4.69, 9.17) is 0 Å². The van der Waals surface area contributed by atoms with Crippen LogP contribution in [0.4, 0.5) is 5.69 Å². The van der Waals surface area contributed by atoms with Gasteiger partial charge in [-0.15, -0.1) is 0 Å². The molecule has 8 nitrogen and oxygen atoms in total. The molecule has 0 saturated carbocycles. The minimum Gasteiger partial charge on any atom is -0.394 e. The Balaban J connectivity index is 1.41. The number of nitrogens with one attached hydrogen (secondary N) is 1. The maximum Gasteiger partial charge on any atom is 0.269 e. The fourth-order valence-electron chi connectivity index (χ4n) is 4.64. The zero-order valence-electron chi connectivity index (χ0n) is 22.7. The molecule has 0 saturated heterocycles. The van der Waals surface area contributed by atoms with Gasteiger partial charge in [0.05, 0.1) is 17.6 Å². The quantitative estimate of drug-likeness (QED) is 0.0849. The van der Waals surface area contributed by atoms with E-state index in [1.807, 2.05) is 0 Å². The molecule has 0 aliphatic carbocycles. The van der Waals surface area contributed by atoms with E-state index in [1.165, 1.54) is 88.5 Å². The molecule has 2 atom stereocenters. The van der Waals surface area contributed by atoms with E-state index in [0.717, 1.165) is 25.8 Å². The summed E-state index contributed by atoms with van der Waals surface area (Å²) in [4.78, 5) is 22.5. The van der Waals surface area contributed by atoms with Gasteiger partial charge in [0.15, 0.2) is 12.4 Å². The summed E-state index contributed by atoms with van der Waals surface area (Å²) < 4.78 is 2.25. The summed E-state index contributed by atoms with van der Waals surface area (Å²) in [7, 11) is 0. The predicted molar refractivity (Wildman–Crippen MR) is 148 cm³/mol. The number of rotatable bonds is 21. The van der Waals surface area contributed by atoms with Gasteiger partial charge in [-0.2, -0.15) is 0 Å². The van der Waals surface area contributed by atoms with Gasteiger partial charge < -0.3 is 15.5 Å². The van der Waals surface area contributed by atoms with Crippen molar-refractivity contribution in [2.24, 2.45) is 0 Å². The van der Waals surface area contributed by atoms with Crippen molar-refractivity contribution in [2.75, 3.05) is 6.61 Å². The van der Waals surface area contributed by atoms with Crippen LogP contribution in [-0.4, -0.2) is 33.7 Å². The number of aliphatic hydroxyl groups is 2. The zero-order valence-corrected chi connectivity index (χ0v) is 22.7. The van der Waals surface area contributed by atoms with Gasteiger partial charge >= 0.3 is 0 Å². The number of hydrogen-bond acceptors (Lipinski definition) is 5. The van der Waals surface area contributed by atoms with E-state index in [2.05, 4.69) is 40.5 Å². The van der Waals surface area contributed by atoms with Gasteiger partial charge in [0.2, 0.25) is 5.91 Å². The molecule has 0 unspecified atom stereocenters. The molecule has 210 valence electrons. The van der Waals surface area contributed by atoms with Crippen molar-refractivity contribution in [3.8, 4) is 0 Å². The first-order valence-electron chi connectivity index (χ1n) is 14.3. The molecular weight excluding hydrogens is 482 g/mol. The molecule has 0 spiro atoms. The van der Waals surface area contributed by atoms with Gasteiger partial charge in [-0.05, 0) is 30.5 Å². The molecule has 1 aromatic carbocycles. The summed E-state index contributed by atoms with van der Waals surface area (Å²) in [6.45, 7) is 0.694. The topological polar surface area (TPSA) is 117 Å². The smallest absolute Gasteiger partial charge is 0.269 e. The number of benzene rings is 1. The molecular formula is C30H46N3O5+. The highest BCUT2D eigenvalue weighted by Crippen LogP contribution is 2.21. The summed E-state index contributed by atoms with van der Waals surface area (Å²) >= 11 is 0. The number of nitrogens with zero attached hydrogens (tertiary/aromatic N) is 2. The Hall–Kier alpha value is -2.84. The lowest BCUT2D eigenvalue weighted by molar-refractivity contribution is -0.697. The van der Waals surface area contributed by atoms with Crippen LogP contribution >= 0.6 is 0 Å². The molecule has 8 heteroatoms. The molecule has 0 aliphatic heterocycles. The molecule has 1 amide bonds. The highest BCUT2D eigenvalue weighted by Gasteiger charge is 2.22. The number of aliphatic hydroxyl groups excluding tert-OH is 2. The summed E-state index contributed by atoms with van der Waals surface area (Å²) in [5.41, 5.74) is 0.332. The van der Waals surface area contributed by atoms with Crippen LogP contribution in [0.2, 0.25) is 0 Å². The number of carbonyl (C=O) groups is 1. The van der Waals surface area contributed by atoms with Crippen LogP contribution in [0.1, 0.15) is 102 Å². The van der Waals surface area contributed by atoms with E-state index >= 15 is 0 Å². The van der Waals surface area contributed by atoms with Crippen LogP contribution in [0.25, 0.3) is 0 Å². The number of unbranched alkanes of at least 4 members (excludes halogenated alkanes) is 12. The summed E-state index contributed by atoms with van der Waals surface area (Å²) in [5, 5.41) is 33.5. The van der Waals surface area contributed by atoms with Gasteiger partial charge in [0, 0.05) is 37.1 Å². The lowest BCUT2D eigenvalue weighted by atomic mass is 10.0. The van der Waals surface area contributed by atoms with Crippen molar-refractivity contribution in [3.63, 3.8) is 0 Å². The predicted octanol–water partition coefficient (Wildman–Crippen LogP) is 5.55. The highest BCUT2D eigenvalue weighted by atomic mass is 16.6. The molecule has 1 aromatic heterocycles. The van der Waals surface area contributed by atoms with Crippen LogP contribution in [0.3, 0.4) is 0 Å². The third kappa shape index (κ3) is 13.1. The van der Waals surface area contributed by atoms with Gasteiger partial charge in [-0.3, -0.25) is 14.9 Å². The zero-order chi connectivity index (χ0) is 27.4. The minimum atomic E-state index is -1.14. The van der Waals surface area contributed by atoms with Crippen molar-refractivity contribution in [3.05, 3.63) is 70.5 Å². The number of amides is 1. The third-order valence-corrected chi connectivity index (χ3v) is 6.97. The Morgan fingerprint density at radius 1 is 0.816 bits per heavy atom. The standard InChI is InChI=1S/C30H45N3O5/c34-25-28(30(36)26-18-20-27(21-19-26)33(37)38)31-29(35)17-13-10-8-6-4-2-1-3-5-7-9-11-14-22-32-23-15-12-16-24-32/h12,15-16,18-21,23-24,28,30,34,36H,1-11,13-14,17,22,25H2/p+1/t28-,30+/m1/s1. The number of nitro benzene ring substituents is 1. The largest absolute Gasteiger partial charge is 0.394 e. The average Bonchev–Trinajstić information content (AvgIpc) is 2.94. The van der Waals surface area contributed by atoms with Crippen LogP contribution in [-0.2, 0) is 11.3 Å². The molecule has 0 aliphatic rings. The summed E-state index contributed by atoms with van der Waals surface area (Å²) in [6, 6.07) is 10.8. The molecule has 0 bridgehead atoms. The molecule has 2 aromatic rings. The van der Waals surface area contributed by atoms with Gasteiger partial charge in [0.25, 0.3) is 5.69 Å². The second-order valence-electron chi connectivity index (χ2n) is 10.1. The van der Waals surface area contributed by atoms with Crippen molar-refractivity contribution in [1.82, 2.24) is 5.32 Å². The van der Waals surface area contributed by atoms with Crippen molar-refractivity contribution >= 4 is 11.6 Å². The monoisotopic (exact) mass is 528 g/mol. The lowest BCUT2D eigenvalue weighted by Gasteiger charge is -2.22. The Labute approximate surface area is 227 Å². The Bertz CT molecular complexity index is 908. The molecule has 3 N–H and O–H groups in total. The van der Waals surface area contributed by atoms with Gasteiger partial charge in [0.1, 0.15) is 12.6 Å². The number of aromatic nitrogens is 1. The number of hydrogen-bond donors (Lipinski definition) is 3. The third-order valence-electron chi connectivity index (χ3n) is 6.97. The molecule has 2 rings (SSSR count). The SMILES string of the molecule is O=C(CCCCCCCCCCCCCCC[n+]1ccccc1)N[C@H](CO)[C@@H](O)c1ccc([N+](=O)[O-])cc1. The molecule has 1 heterocycles. The second kappa shape index (κ2) is 19.3. The number of aryl methyl sites for hydroxylation is 1.